The molecule has 0 saturated heterocycles. The fraction of sp³-hybridized carbons (Fsp3) is 0.737. The first-order valence-corrected chi connectivity index (χ1v) is 10.0. The summed E-state index contributed by atoms with van der Waals surface area (Å²) >= 11 is 0. The predicted molar refractivity (Wildman–Crippen MR) is 110 cm³/mol. The zero-order chi connectivity index (χ0) is 24.3. The summed E-state index contributed by atoms with van der Waals surface area (Å²) < 4.78 is 0. The van der Waals surface area contributed by atoms with Gasteiger partial charge in [0.1, 0.15) is 18.1 Å². The molecule has 31 heavy (non-hydrogen) atoms. The van der Waals surface area contributed by atoms with Crippen LogP contribution in [-0.4, -0.2) is 75.8 Å². The number of carbonyl (C=O) groups is 5. The van der Waals surface area contributed by atoms with Crippen molar-refractivity contribution in [3.63, 3.8) is 0 Å². The van der Waals surface area contributed by atoms with Gasteiger partial charge in [0.2, 0.25) is 17.7 Å². The van der Waals surface area contributed by atoms with Crippen molar-refractivity contribution in [2.45, 2.75) is 71.1 Å². The molecule has 4 unspecified atom stereocenters. The largest absolute Gasteiger partial charge is 0.481 e. The van der Waals surface area contributed by atoms with Gasteiger partial charge in [-0.3, -0.25) is 19.2 Å². The van der Waals surface area contributed by atoms with Gasteiger partial charge in [-0.25, -0.2) is 4.79 Å². The summed E-state index contributed by atoms with van der Waals surface area (Å²) in [4.78, 5) is 59.1. The molecule has 0 aliphatic heterocycles. The first-order valence-electron chi connectivity index (χ1n) is 10.0. The van der Waals surface area contributed by atoms with Crippen LogP contribution in [0, 0.1) is 11.8 Å². The van der Waals surface area contributed by atoms with Crippen molar-refractivity contribution in [3.05, 3.63) is 0 Å². The molecule has 0 radical (unpaired) electrons. The number of carboxylic acid groups (broad SMARTS) is 2. The third kappa shape index (κ3) is 11.3. The van der Waals surface area contributed by atoms with E-state index in [1.807, 2.05) is 33.0 Å². The van der Waals surface area contributed by atoms with Crippen molar-refractivity contribution in [2.75, 3.05) is 6.61 Å². The fourth-order valence-corrected chi connectivity index (χ4v) is 2.71. The summed E-state index contributed by atoms with van der Waals surface area (Å²) in [7, 11) is 0. The van der Waals surface area contributed by atoms with E-state index in [2.05, 4.69) is 10.6 Å². The standard InChI is InChI=1S/C19H34N4O8/c1-9(2)5-11(20)16(27)21-12(6-10(3)4)17(28)23-14(8-24)18(29)22-13(19(30)31)7-15(25)26/h9-14,24H,5-8,20H2,1-4H3,(H,21,27)(H,22,29)(H,23,28)(H,25,26)(H,30,31). The second kappa shape index (κ2) is 13.5. The molecule has 0 heterocycles. The van der Waals surface area contributed by atoms with Crippen LogP contribution in [-0.2, 0) is 24.0 Å². The van der Waals surface area contributed by atoms with Gasteiger partial charge in [-0.2, -0.15) is 0 Å². The Bertz CT molecular complexity index is 653. The number of nitrogens with two attached hydrogens (primary N) is 1. The lowest BCUT2D eigenvalue weighted by atomic mass is 10.0. The van der Waals surface area contributed by atoms with E-state index in [-0.39, 0.29) is 18.3 Å². The highest BCUT2D eigenvalue weighted by Crippen LogP contribution is 2.08. The molecule has 12 heteroatoms. The number of hydrogen-bond acceptors (Lipinski definition) is 7. The van der Waals surface area contributed by atoms with Gasteiger partial charge < -0.3 is 37.0 Å². The SMILES string of the molecule is CC(C)CC(N)C(=O)NC(CC(C)C)C(=O)NC(CO)C(=O)NC(CC(=O)O)C(=O)O. The minimum absolute atomic E-state index is 0.00858. The molecule has 0 spiro atoms. The molecule has 0 aliphatic rings. The Hall–Kier alpha value is -2.73. The predicted octanol–water partition coefficient (Wildman–Crippen LogP) is -1.59. The van der Waals surface area contributed by atoms with Crippen molar-refractivity contribution in [1.29, 1.82) is 0 Å². The molecule has 12 nitrogen and oxygen atoms in total. The number of aliphatic hydroxyl groups is 1. The average Bonchev–Trinajstić information content (AvgIpc) is 2.63. The summed E-state index contributed by atoms with van der Waals surface area (Å²) in [6, 6.07) is -5.15. The molecule has 4 atom stereocenters. The van der Waals surface area contributed by atoms with Gasteiger partial charge >= 0.3 is 11.9 Å². The molecule has 0 aromatic heterocycles. The van der Waals surface area contributed by atoms with Gasteiger partial charge in [0, 0.05) is 0 Å². The molecular weight excluding hydrogens is 412 g/mol. The summed E-state index contributed by atoms with van der Waals surface area (Å²) in [5.74, 6) is -5.25. The van der Waals surface area contributed by atoms with Crippen molar-refractivity contribution in [1.82, 2.24) is 16.0 Å². The maximum absolute atomic E-state index is 12.7. The van der Waals surface area contributed by atoms with Crippen LogP contribution < -0.4 is 21.7 Å². The van der Waals surface area contributed by atoms with Crippen molar-refractivity contribution < 1.29 is 39.3 Å². The van der Waals surface area contributed by atoms with Gasteiger partial charge in [0.05, 0.1) is 19.1 Å². The smallest absolute Gasteiger partial charge is 0.326 e. The highest BCUT2D eigenvalue weighted by atomic mass is 16.4. The van der Waals surface area contributed by atoms with Gasteiger partial charge in [0.15, 0.2) is 0 Å². The number of nitrogens with one attached hydrogen (secondary N) is 3. The van der Waals surface area contributed by atoms with E-state index in [0.717, 1.165) is 0 Å². The van der Waals surface area contributed by atoms with Crippen molar-refractivity contribution in [3.8, 4) is 0 Å². The van der Waals surface area contributed by atoms with Gasteiger partial charge in [-0.05, 0) is 24.7 Å². The minimum Gasteiger partial charge on any atom is -0.481 e. The van der Waals surface area contributed by atoms with Crippen LogP contribution in [0.4, 0.5) is 0 Å². The Balaban J connectivity index is 5.25. The average molecular weight is 447 g/mol. The second-order valence-corrected chi connectivity index (χ2v) is 8.17. The highest BCUT2D eigenvalue weighted by molar-refractivity contribution is 5.94. The minimum atomic E-state index is -1.74. The highest BCUT2D eigenvalue weighted by Gasteiger charge is 2.31. The Labute approximate surface area is 180 Å². The van der Waals surface area contributed by atoms with Crippen LogP contribution in [0.5, 0.6) is 0 Å². The zero-order valence-corrected chi connectivity index (χ0v) is 18.3. The van der Waals surface area contributed by atoms with Crippen molar-refractivity contribution in [2.24, 2.45) is 17.6 Å². The fourth-order valence-electron chi connectivity index (χ4n) is 2.71. The van der Waals surface area contributed by atoms with E-state index in [9.17, 15) is 29.1 Å². The summed E-state index contributed by atoms with van der Waals surface area (Å²) in [6.07, 6.45) is -0.251. The maximum atomic E-state index is 12.7. The van der Waals surface area contributed by atoms with E-state index in [4.69, 9.17) is 15.9 Å². The van der Waals surface area contributed by atoms with Gasteiger partial charge in [-0.1, -0.05) is 27.7 Å². The van der Waals surface area contributed by atoms with E-state index in [0.29, 0.717) is 6.42 Å². The first kappa shape index (κ1) is 28.3. The van der Waals surface area contributed by atoms with E-state index < -0.39 is 66.9 Å². The topological polar surface area (TPSA) is 208 Å². The molecule has 0 fully saturated rings. The number of rotatable bonds is 14. The first-order chi connectivity index (χ1) is 14.3. The maximum Gasteiger partial charge on any atom is 0.326 e. The molecule has 0 aliphatic carbocycles. The third-order valence-corrected chi connectivity index (χ3v) is 4.21. The summed E-state index contributed by atoms with van der Waals surface area (Å²) in [6.45, 7) is 6.56. The van der Waals surface area contributed by atoms with E-state index >= 15 is 0 Å². The number of hydrogen-bond donors (Lipinski definition) is 7. The van der Waals surface area contributed by atoms with Crippen LogP contribution >= 0.6 is 0 Å². The quantitative estimate of drug-likeness (QED) is 0.164. The molecule has 8 N–H and O–H groups in total. The second-order valence-electron chi connectivity index (χ2n) is 8.17. The Kier molecular flexibility index (Phi) is 12.4. The van der Waals surface area contributed by atoms with Crippen LogP contribution in [0.3, 0.4) is 0 Å². The van der Waals surface area contributed by atoms with E-state index in [1.165, 1.54) is 0 Å². The summed E-state index contributed by atoms with van der Waals surface area (Å²) in [5.41, 5.74) is 5.84. The lowest BCUT2D eigenvalue weighted by molar-refractivity contribution is -0.147. The van der Waals surface area contributed by atoms with E-state index in [1.54, 1.807) is 0 Å². The lowest BCUT2D eigenvalue weighted by Gasteiger charge is -2.25. The van der Waals surface area contributed by atoms with Gasteiger partial charge in [0.25, 0.3) is 0 Å². The van der Waals surface area contributed by atoms with Crippen molar-refractivity contribution >= 4 is 29.7 Å². The molecule has 178 valence electrons. The van der Waals surface area contributed by atoms with Crippen LogP contribution in [0.15, 0.2) is 0 Å². The molecular formula is C19H34N4O8. The molecule has 0 aromatic carbocycles. The lowest BCUT2D eigenvalue weighted by Crippen LogP contribution is -2.58. The Morgan fingerprint density at radius 2 is 1.19 bits per heavy atom. The number of carboxylic acids is 2. The number of amides is 3. The number of aliphatic carboxylic acids is 2. The number of carbonyl (C=O) groups excluding carboxylic acids is 3. The molecule has 0 bridgehead atoms. The molecule has 0 saturated carbocycles. The van der Waals surface area contributed by atoms with Crippen LogP contribution in [0.25, 0.3) is 0 Å². The van der Waals surface area contributed by atoms with Crippen LogP contribution in [0.2, 0.25) is 0 Å². The third-order valence-electron chi connectivity index (χ3n) is 4.21. The molecule has 0 aromatic rings. The monoisotopic (exact) mass is 446 g/mol. The molecule has 3 amide bonds. The number of aliphatic hydroxyl groups excluding tert-OH is 1. The normalized spacial score (nSPS) is 15.0. The Morgan fingerprint density at radius 3 is 1.61 bits per heavy atom. The van der Waals surface area contributed by atoms with Crippen LogP contribution in [0.1, 0.15) is 47.0 Å². The van der Waals surface area contributed by atoms with Gasteiger partial charge in [-0.15, -0.1) is 0 Å². The summed E-state index contributed by atoms with van der Waals surface area (Å²) in [5, 5.41) is 34.0. The molecule has 0 rings (SSSR count). The zero-order valence-electron chi connectivity index (χ0n) is 18.3. The Morgan fingerprint density at radius 1 is 0.742 bits per heavy atom.